The van der Waals surface area contributed by atoms with Crippen LogP contribution in [0.4, 0.5) is 11.5 Å². The van der Waals surface area contributed by atoms with Crippen molar-refractivity contribution in [1.29, 1.82) is 0 Å². The van der Waals surface area contributed by atoms with Crippen LogP contribution < -0.4 is 10.2 Å². The van der Waals surface area contributed by atoms with Crippen molar-refractivity contribution in [1.82, 2.24) is 9.88 Å². The van der Waals surface area contributed by atoms with Crippen molar-refractivity contribution in [2.75, 3.05) is 42.9 Å². The molecule has 1 aliphatic heterocycles. The monoisotopic (exact) mass is 396 g/mol. The van der Waals surface area contributed by atoms with Gasteiger partial charge in [0.15, 0.2) is 0 Å². The van der Waals surface area contributed by atoms with Crippen LogP contribution in [0.15, 0.2) is 53.0 Å². The number of nitrogens with zero attached hydrogens (tertiary/aromatic N) is 3. The van der Waals surface area contributed by atoms with Gasteiger partial charge in [0.25, 0.3) is 0 Å². The van der Waals surface area contributed by atoms with Gasteiger partial charge in [0.1, 0.15) is 5.82 Å². The van der Waals surface area contributed by atoms with Crippen molar-refractivity contribution in [3.05, 3.63) is 59.3 Å². The minimum atomic E-state index is 0.855. The molecular weight excluding hydrogens is 364 g/mol. The Morgan fingerprint density at radius 2 is 1.93 bits per heavy atom. The van der Waals surface area contributed by atoms with Crippen molar-refractivity contribution in [3.63, 3.8) is 0 Å². The van der Waals surface area contributed by atoms with Gasteiger partial charge < -0.3 is 10.2 Å². The van der Waals surface area contributed by atoms with E-state index in [2.05, 4.69) is 77.8 Å². The first kappa shape index (κ1) is 20.7. The predicted molar refractivity (Wildman–Crippen MR) is 122 cm³/mol. The van der Waals surface area contributed by atoms with E-state index in [0.717, 1.165) is 37.0 Å². The van der Waals surface area contributed by atoms with Crippen LogP contribution in [0.25, 0.3) is 0 Å². The summed E-state index contributed by atoms with van der Waals surface area (Å²) in [6.45, 7) is 16.4. The van der Waals surface area contributed by atoms with Crippen LogP contribution in [0, 0.1) is 13.8 Å². The Morgan fingerprint density at radius 1 is 1.14 bits per heavy atom. The van der Waals surface area contributed by atoms with Crippen LogP contribution in [0.5, 0.6) is 0 Å². The SMILES string of the molecule is C=C(Nc1cc(N2CCN(CCCC)CC2)ccn1)Sc1cc(C)ccc1C. The van der Waals surface area contributed by atoms with Gasteiger partial charge in [0.05, 0.1) is 5.03 Å². The Hall–Kier alpha value is -1.98. The number of hydrogen-bond donors (Lipinski definition) is 1. The van der Waals surface area contributed by atoms with Gasteiger partial charge in [-0.3, -0.25) is 4.90 Å². The fourth-order valence-corrected chi connectivity index (χ4v) is 4.31. The summed E-state index contributed by atoms with van der Waals surface area (Å²) in [7, 11) is 0. The standard InChI is InChI=1S/C23H32N4S/c1-5-6-11-26-12-14-27(15-13-26)21-9-10-24-23(17-21)25-20(4)28-22-16-18(2)7-8-19(22)3/h7-10,16-17H,4-6,11-15H2,1-3H3,(H,24,25). The number of unbranched alkanes of at least 4 members (excludes halogenated alkanes) is 1. The van der Waals surface area contributed by atoms with Gasteiger partial charge in [-0.1, -0.05) is 43.8 Å². The zero-order chi connectivity index (χ0) is 19.9. The molecule has 1 aromatic carbocycles. The molecule has 1 aromatic heterocycles. The number of rotatable bonds is 8. The minimum absolute atomic E-state index is 0.855. The summed E-state index contributed by atoms with van der Waals surface area (Å²) >= 11 is 1.66. The zero-order valence-electron chi connectivity index (χ0n) is 17.4. The molecule has 0 amide bonds. The summed E-state index contributed by atoms with van der Waals surface area (Å²) in [4.78, 5) is 10.7. The number of piperazine rings is 1. The number of aromatic nitrogens is 1. The Balaban J connectivity index is 1.57. The Kier molecular flexibility index (Phi) is 7.40. The Bertz CT molecular complexity index is 797. The summed E-state index contributed by atoms with van der Waals surface area (Å²) in [6, 6.07) is 10.7. The number of hydrogen-bond acceptors (Lipinski definition) is 5. The van der Waals surface area contributed by atoms with Crippen LogP contribution in [0.2, 0.25) is 0 Å². The molecule has 0 unspecified atom stereocenters. The van der Waals surface area contributed by atoms with Gasteiger partial charge >= 0.3 is 0 Å². The van der Waals surface area contributed by atoms with E-state index in [1.807, 2.05) is 6.20 Å². The summed E-state index contributed by atoms with van der Waals surface area (Å²) in [6.07, 6.45) is 4.45. The number of nitrogens with one attached hydrogen (secondary N) is 1. The van der Waals surface area contributed by atoms with Gasteiger partial charge in [0.2, 0.25) is 0 Å². The van der Waals surface area contributed by atoms with E-state index >= 15 is 0 Å². The molecule has 1 N–H and O–H groups in total. The lowest BCUT2D eigenvalue weighted by molar-refractivity contribution is 0.254. The molecule has 1 aliphatic rings. The summed E-state index contributed by atoms with van der Waals surface area (Å²) in [5.41, 5.74) is 3.76. The molecule has 0 aliphatic carbocycles. The average Bonchev–Trinajstić information content (AvgIpc) is 2.70. The van der Waals surface area contributed by atoms with E-state index in [4.69, 9.17) is 0 Å². The molecule has 2 heterocycles. The third-order valence-electron chi connectivity index (χ3n) is 5.15. The van der Waals surface area contributed by atoms with Crippen molar-refractivity contribution in [2.24, 2.45) is 0 Å². The third kappa shape index (κ3) is 5.76. The number of anilines is 2. The molecule has 1 fully saturated rings. The number of thioether (sulfide) groups is 1. The highest BCUT2D eigenvalue weighted by Gasteiger charge is 2.17. The van der Waals surface area contributed by atoms with E-state index in [1.165, 1.54) is 41.1 Å². The van der Waals surface area contributed by atoms with E-state index in [1.54, 1.807) is 11.8 Å². The van der Waals surface area contributed by atoms with E-state index in [-0.39, 0.29) is 0 Å². The highest BCUT2D eigenvalue weighted by Crippen LogP contribution is 2.30. The molecule has 1 saturated heterocycles. The van der Waals surface area contributed by atoms with Gasteiger partial charge in [-0.15, -0.1) is 0 Å². The molecule has 28 heavy (non-hydrogen) atoms. The maximum Gasteiger partial charge on any atom is 0.132 e. The molecule has 5 heteroatoms. The number of aryl methyl sites for hydroxylation is 2. The first-order valence-corrected chi connectivity index (χ1v) is 11.0. The van der Waals surface area contributed by atoms with Crippen molar-refractivity contribution in [2.45, 2.75) is 38.5 Å². The minimum Gasteiger partial charge on any atom is -0.369 e. The van der Waals surface area contributed by atoms with Crippen LogP contribution in [0.1, 0.15) is 30.9 Å². The van der Waals surface area contributed by atoms with E-state index in [0.29, 0.717) is 0 Å². The zero-order valence-corrected chi connectivity index (χ0v) is 18.2. The van der Waals surface area contributed by atoms with Crippen LogP contribution in [-0.4, -0.2) is 42.6 Å². The molecule has 0 radical (unpaired) electrons. The van der Waals surface area contributed by atoms with Crippen LogP contribution in [-0.2, 0) is 0 Å². The predicted octanol–water partition coefficient (Wildman–Crippen LogP) is 5.30. The van der Waals surface area contributed by atoms with E-state index < -0.39 is 0 Å². The molecule has 3 rings (SSSR count). The molecule has 0 saturated carbocycles. The first-order valence-electron chi connectivity index (χ1n) is 10.2. The topological polar surface area (TPSA) is 31.4 Å². The summed E-state index contributed by atoms with van der Waals surface area (Å²) in [5.74, 6) is 0.855. The second kappa shape index (κ2) is 9.99. The maximum atomic E-state index is 4.49. The second-order valence-electron chi connectivity index (χ2n) is 7.50. The molecule has 4 nitrogen and oxygen atoms in total. The molecule has 2 aromatic rings. The van der Waals surface area contributed by atoms with E-state index in [9.17, 15) is 0 Å². The largest absolute Gasteiger partial charge is 0.369 e. The molecule has 0 atom stereocenters. The smallest absolute Gasteiger partial charge is 0.132 e. The van der Waals surface area contributed by atoms with Crippen molar-refractivity contribution >= 4 is 23.3 Å². The lowest BCUT2D eigenvalue weighted by Crippen LogP contribution is -2.46. The number of benzene rings is 1. The lowest BCUT2D eigenvalue weighted by Gasteiger charge is -2.36. The average molecular weight is 397 g/mol. The number of pyridine rings is 1. The van der Waals surface area contributed by atoms with Crippen molar-refractivity contribution in [3.8, 4) is 0 Å². The third-order valence-corrected chi connectivity index (χ3v) is 6.16. The quantitative estimate of drug-likeness (QED) is 0.612. The second-order valence-corrected chi connectivity index (χ2v) is 8.64. The summed E-state index contributed by atoms with van der Waals surface area (Å²) < 4.78 is 0. The Morgan fingerprint density at radius 3 is 2.68 bits per heavy atom. The molecular formula is C23H32N4S. The maximum absolute atomic E-state index is 4.49. The lowest BCUT2D eigenvalue weighted by atomic mass is 10.2. The molecule has 150 valence electrons. The van der Waals surface area contributed by atoms with Crippen LogP contribution in [0.3, 0.4) is 0 Å². The fraction of sp³-hybridized carbons (Fsp3) is 0.435. The van der Waals surface area contributed by atoms with Gasteiger partial charge in [0, 0.05) is 49.0 Å². The normalized spacial score (nSPS) is 14.9. The Labute approximate surface area is 174 Å². The summed E-state index contributed by atoms with van der Waals surface area (Å²) in [5, 5.41) is 4.26. The van der Waals surface area contributed by atoms with Crippen LogP contribution >= 0.6 is 11.8 Å². The van der Waals surface area contributed by atoms with Gasteiger partial charge in [-0.05, 0) is 50.1 Å². The van der Waals surface area contributed by atoms with Crippen molar-refractivity contribution < 1.29 is 0 Å². The van der Waals surface area contributed by atoms with Gasteiger partial charge in [-0.2, -0.15) is 0 Å². The highest BCUT2D eigenvalue weighted by atomic mass is 32.2. The molecule has 0 spiro atoms. The van der Waals surface area contributed by atoms with Gasteiger partial charge in [-0.25, -0.2) is 4.98 Å². The highest BCUT2D eigenvalue weighted by molar-refractivity contribution is 8.03. The fourth-order valence-electron chi connectivity index (χ4n) is 3.41. The first-order chi connectivity index (χ1) is 13.5. The molecule has 0 bridgehead atoms.